The first-order valence-corrected chi connectivity index (χ1v) is 5.42. The zero-order chi connectivity index (χ0) is 11.8. The Labute approximate surface area is 91.4 Å². The Hall–Kier alpha value is -1.06. The molecule has 0 spiro atoms. The highest BCUT2D eigenvalue weighted by Gasteiger charge is 2.24. The maximum Gasteiger partial charge on any atom is 0.328 e. The van der Waals surface area contributed by atoms with Crippen LogP contribution in [0.3, 0.4) is 0 Å². The minimum Gasteiger partial charge on any atom is -0.464 e. The van der Waals surface area contributed by atoms with Crippen molar-refractivity contribution in [2.45, 2.75) is 46.6 Å². The third-order valence-electron chi connectivity index (χ3n) is 2.02. The van der Waals surface area contributed by atoms with Gasteiger partial charge < -0.3 is 10.1 Å². The number of esters is 1. The SMILES string of the molecule is CCCCOC(=O)C(NC(C)=O)C(C)C. The smallest absolute Gasteiger partial charge is 0.328 e. The van der Waals surface area contributed by atoms with Crippen molar-refractivity contribution in [3.05, 3.63) is 0 Å². The van der Waals surface area contributed by atoms with Crippen molar-refractivity contribution in [3.8, 4) is 0 Å². The van der Waals surface area contributed by atoms with Gasteiger partial charge in [0.15, 0.2) is 0 Å². The highest BCUT2D eigenvalue weighted by atomic mass is 16.5. The molecular formula is C11H21NO3. The molecule has 1 unspecified atom stereocenters. The zero-order valence-corrected chi connectivity index (χ0v) is 10.0. The molecule has 0 aliphatic rings. The summed E-state index contributed by atoms with van der Waals surface area (Å²) in [4.78, 5) is 22.4. The van der Waals surface area contributed by atoms with Crippen LogP contribution in [0.25, 0.3) is 0 Å². The lowest BCUT2D eigenvalue weighted by molar-refractivity contribution is -0.149. The molecule has 0 aliphatic heterocycles. The van der Waals surface area contributed by atoms with Crippen LogP contribution in [-0.4, -0.2) is 24.5 Å². The van der Waals surface area contributed by atoms with Crippen LogP contribution in [-0.2, 0) is 14.3 Å². The van der Waals surface area contributed by atoms with Crippen LogP contribution < -0.4 is 5.32 Å². The van der Waals surface area contributed by atoms with E-state index in [1.165, 1.54) is 6.92 Å². The predicted molar refractivity (Wildman–Crippen MR) is 58.3 cm³/mol. The van der Waals surface area contributed by atoms with Crippen LogP contribution in [0.2, 0.25) is 0 Å². The van der Waals surface area contributed by atoms with E-state index in [1.54, 1.807) is 0 Å². The molecule has 4 heteroatoms. The number of carbonyl (C=O) groups excluding carboxylic acids is 2. The average molecular weight is 215 g/mol. The van der Waals surface area contributed by atoms with Crippen molar-refractivity contribution in [1.29, 1.82) is 0 Å². The Morgan fingerprint density at radius 2 is 1.93 bits per heavy atom. The third-order valence-corrected chi connectivity index (χ3v) is 2.02. The molecule has 88 valence electrons. The molecule has 0 aromatic rings. The van der Waals surface area contributed by atoms with Gasteiger partial charge in [-0.1, -0.05) is 27.2 Å². The zero-order valence-electron chi connectivity index (χ0n) is 10.0. The van der Waals surface area contributed by atoms with Crippen molar-refractivity contribution in [2.75, 3.05) is 6.61 Å². The average Bonchev–Trinajstić information content (AvgIpc) is 2.13. The van der Waals surface area contributed by atoms with Gasteiger partial charge in [0.25, 0.3) is 0 Å². The normalized spacial score (nSPS) is 12.3. The van der Waals surface area contributed by atoms with Crippen LogP contribution in [0, 0.1) is 5.92 Å². The molecule has 1 N–H and O–H groups in total. The number of ether oxygens (including phenoxy) is 1. The van der Waals surface area contributed by atoms with Gasteiger partial charge in [-0.15, -0.1) is 0 Å². The van der Waals surface area contributed by atoms with Gasteiger partial charge in [0.1, 0.15) is 6.04 Å². The van der Waals surface area contributed by atoms with Gasteiger partial charge in [-0.2, -0.15) is 0 Å². The molecule has 0 saturated carbocycles. The van der Waals surface area contributed by atoms with Crippen LogP contribution in [0.15, 0.2) is 0 Å². The van der Waals surface area contributed by atoms with Crippen LogP contribution in [0.5, 0.6) is 0 Å². The number of rotatable bonds is 6. The maximum absolute atomic E-state index is 11.6. The minimum atomic E-state index is -0.528. The molecular weight excluding hydrogens is 194 g/mol. The molecule has 0 aromatic heterocycles. The summed E-state index contributed by atoms with van der Waals surface area (Å²) in [5, 5.41) is 2.59. The molecule has 1 amide bonds. The number of amides is 1. The van der Waals surface area contributed by atoms with Crippen LogP contribution >= 0.6 is 0 Å². The summed E-state index contributed by atoms with van der Waals surface area (Å²) in [6, 6.07) is -0.528. The highest BCUT2D eigenvalue weighted by Crippen LogP contribution is 2.04. The molecule has 0 aromatic carbocycles. The second kappa shape index (κ2) is 7.26. The summed E-state index contributed by atoms with van der Waals surface area (Å²) in [5.41, 5.74) is 0. The first-order valence-electron chi connectivity index (χ1n) is 5.42. The first kappa shape index (κ1) is 13.9. The molecule has 0 saturated heterocycles. The van der Waals surface area contributed by atoms with Gasteiger partial charge in [0, 0.05) is 6.92 Å². The van der Waals surface area contributed by atoms with Gasteiger partial charge >= 0.3 is 5.97 Å². The maximum atomic E-state index is 11.6. The quantitative estimate of drug-likeness (QED) is 0.539. The number of unbranched alkanes of at least 4 members (excludes halogenated alkanes) is 1. The Balaban J connectivity index is 4.11. The fourth-order valence-electron chi connectivity index (χ4n) is 1.12. The minimum absolute atomic E-state index is 0.0445. The van der Waals surface area contributed by atoms with Gasteiger partial charge in [-0.05, 0) is 12.3 Å². The van der Waals surface area contributed by atoms with E-state index >= 15 is 0 Å². The highest BCUT2D eigenvalue weighted by molar-refractivity contribution is 5.83. The number of hydrogen-bond acceptors (Lipinski definition) is 3. The fourth-order valence-corrected chi connectivity index (χ4v) is 1.12. The van der Waals surface area contributed by atoms with E-state index < -0.39 is 6.04 Å². The molecule has 0 heterocycles. The van der Waals surface area contributed by atoms with Gasteiger partial charge in [-0.3, -0.25) is 4.79 Å². The van der Waals surface area contributed by atoms with Crippen molar-refractivity contribution in [3.63, 3.8) is 0 Å². The van der Waals surface area contributed by atoms with Gasteiger partial charge in [-0.25, -0.2) is 4.79 Å². The summed E-state index contributed by atoms with van der Waals surface area (Å²) < 4.78 is 5.05. The van der Waals surface area contributed by atoms with E-state index in [-0.39, 0.29) is 17.8 Å². The first-order chi connectivity index (χ1) is 6.99. The summed E-state index contributed by atoms with van der Waals surface area (Å²) in [6.45, 7) is 7.61. The Bertz CT molecular complexity index is 214. The fraction of sp³-hybridized carbons (Fsp3) is 0.818. The van der Waals surface area contributed by atoms with E-state index in [9.17, 15) is 9.59 Å². The van der Waals surface area contributed by atoms with Gasteiger partial charge in [0.2, 0.25) is 5.91 Å². The van der Waals surface area contributed by atoms with Crippen LogP contribution in [0.1, 0.15) is 40.5 Å². The molecule has 1 atom stereocenters. The number of carbonyl (C=O) groups is 2. The van der Waals surface area contributed by atoms with Crippen molar-refractivity contribution >= 4 is 11.9 Å². The largest absolute Gasteiger partial charge is 0.464 e. The molecule has 0 radical (unpaired) electrons. The lowest BCUT2D eigenvalue weighted by Crippen LogP contribution is -2.44. The van der Waals surface area contributed by atoms with E-state index in [0.717, 1.165) is 12.8 Å². The molecule has 15 heavy (non-hydrogen) atoms. The number of hydrogen-bond donors (Lipinski definition) is 1. The molecule has 0 fully saturated rings. The Kier molecular flexibility index (Phi) is 6.75. The Morgan fingerprint density at radius 3 is 2.33 bits per heavy atom. The lowest BCUT2D eigenvalue weighted by atomic mass is 10.0. The number of nitrogens with one attached hydrogen (secondary N) is 1. The second-order valence-electron chi connectivity index (χ2n) is 3.94. The van der Waals surface area contributed by atoms with Gasteiger partial charge in [0.05, 0.1) is 6.61 Å². The Morgan fingerprint density at radius 1 is 1.33 bits per heavy atom. The van der Waals surface area contributed by atoms with Crippen molar-refractivity contribution in [1.82, 2.24) is 5.32 Å². The monoisotopic (exact) mass is 215 g/mol. The van der Waals surface area contributed by atoms with Crippen LogP contribution in [0.4, 0.5) is 0 Å². The predicted octanol–water partition coefficient (Wildman–Crippen LogP) is 1.49. The van der Waals surface area contributed by atoms with Crippen molar-refractivity contribution in [2.24, 2.45) is 5.92 Å². The van der Waals surface area contributed by atoms with E-state index in [2.05, 4.69) is 5.32 Å². The summed E-state index contributed by atoms with van der Waals surface area (Å²) >= 11 is 0. The topological polar surface area (TPSA) is 55.4 Å². The summed E-state index contributed by atoms with van der Waals surface area (Å²) in [7, 11) is 0. The van der Waals surface area contributed by atoms with E-state index in [0.29, 0.717) is 6.61 Å². The molecule has 0 bridgehead atoms. The van der Waals surface area contributed by atoms with E-state index in [1.807, 2.05) is 20.8 Å². The third kappa shape index (κ3) is 6.10. The standard InChI is InChI=1S/C11H21NO3/c1-5-6-7-15-11(14)10(8(2)3)12-9(4)13/h8,10H,5-7H2,1-4H3,(H,12,13). The summed E-state index contributed by atoms with van der Waals surface area (Å²) in [5.74, 6) is -0.502. The van der Waals surface area contributed by atoms with Crippen molar-refractivity contribution < 1.29 is 14.3 Å². The lowest BCUT2D eigenvalue weighted by Gasteiger charge is -2.19. The molecule has 0 aliphatic carbocycles. The molecule has 4 nitrogen and oxygen atoms in total. The van der Waals surface area contributed by atoms with E-state index in [4.69, 9.17) is 4.74 Å². The second-order valence-corrected chi connectivity index (χ2v) is 3.94. The summed E-state index contributed by atoms with van der Waals surface area (Å²) in [6.07, 6.45) is 1.84. The molecule has 0 rings (SSSR count).